The predicted octanol–water partition coefficient (Wildman–Crippen LogP) is 5.10. The van der Waals surface area contributed by atoms with Crippen molar-refractivity contribution in [2.75, 3.05) is 12.4 Å². The van der Waals surface area contributed by atoms with Crippen molar-refractivity contribution in [3.63, 3.8) is 0 Å². The van der Waals surface area contributed by atoms with E-state index in [1.807, 2.05) is 66.9 Å². The quantitative estimate of drug-likeness (QED) is 0.268. The Labute approximate surface area is 196 Å². The number of ether oxygens (including phenoxy) is 1. The molecular weight excluding hydrogens is 436 g/mol. The fraction of sp³-hybridized carbons (Fsp3) is 0.320. The summed E-state index contributed by atoms with van der Waals surface area (Å²) >= 11 is 1.38. The van der Waals surface area contributed by atoms with E-state index in [-0.39, 0.29) is 17.6 Å². The molecule has 4 aromatic rings. The van der Waals surface area contributed by atoms with Crippen LogP contribution in [0.5, 0.6) is 0 Å². The SMILES string of the molecule is Cc1cc(C(=O)CSc2nnc(-c3ccco3)n2-c2ccccc2)c(C)n1C[C@@H]1CCCO1. The first-order chi connectivity index (χ1) is 16.1. The van der Waals surface area contributed by atoms with E-state index >= 15 is 0 Å². The van der Waals surface area contributed by atoms with Crippen molar-refractivity contribution in [2.45, 2.75) is 44.5 Å². The average Bonchev–Trinajstić information content (AvgIpc) is 3.63. The van der Waals surface area contributed by atoms with Crippen LogP contribution in [0.25, 0.3) is 17.3 Å². The maximum Gasteiger partial charge on any atom is 0.205 e. The van der Waals surface area contributed by atoms with Crippen molar-refractivity contribution in [3.05, 3.63) is 71.7 Å². The molecule has 0 saturated carbocycles. The highest BCUT2D eigenvalue weighted by atomic mass is 32.2. The lowest BCUT2D eigenvalue weighted by atomic mass is 10.2. The molecule has 0 bridgehead atoms. The molecule has 1 aliphatic rings. The van der Waals surface area contributed by atoms with E-state index in [9.17, 15) is 4.79 Å². The van der Waals surface area contributed by atoms with Crippen molar-refractivity contribution in [2.24, 2.45) is 0 Å². The van der Waals surface area contributed by atoms with E-state index in [0.29, 0.717) is 16.7 Å². The molecule has 0 spiro atoms. The number of Topliss-reactive ketones (excluding diaryl/α,β-unsaturated/α-hetero) is 1. The van der Waals surface area contributed by atoms with Crippen LogP contribution in [0, 0.1) is 13.8 Å². The van der Waals surface area contributed by atoms with Crippen molar-refractivity contribution in [3.8, 4) is 17.3 Å². The van der Waals surface area contributed by atoms with Crippen molar-refractivity contribution >= 4 is 17.5 Å². The van der Waals surface area contributed by atoms with Crippen molar-refractivity contribution in [1.82, 2.24) is 19.3 Å². The first-order valence-corrected chi connectivity index (χ1v) is 12.1. The number of nitrogens with zero attached hydrogens (tertiary/aromatic N) is 4. The number of hydrogen-bond acceptors (Lipinski definition) is 6. The topological polar surface area (TPSA) is 75.1 Å². The fourth-order valence-corrected chi connectivity index (χ4v) is 5.14. The second-order valence-electron chi connectivity index (χ2n) is 8.20. The van der Waals surface area contributed by atoms with Gasteiger partial charge in [0.05, 0.1) is 18.1 Å². The van der Waals surface area contributed by atoms with Gasteiger partial charge in [-0.15, -0.1) is 10.2 Å². The molecule has 0 unspecified atom stereocenters. The van der Waals surface area contributed by atoms with Gasteiger partial charge < -0.3 is 13.7 Å². The summed E-state index contributed by atoms with van der Waals surface area (Å²) in [5.74, 6) is 1.58. The van der Waals surface area contributed by atoms with Gasteiger partial charge in [-0.3, -0.25) is 9.36 Å². The molecule has 1 atom stereocenters. The van der Waals surface area contributed by atoms with Gasteiger partial charge in [0, 0.05) is 35.8 Å². The third kappa shape index (κ3) is 4.41. The number of ketones is 1. The number of benzene rings is 1. The summed E-state index contributed by atoms with van der Waals surface area (Å²) in [5.41, 5.74) is 3.76. The minimum atomic E-state index is 0.0776. The van der Waals surface area contributed by atoms with Gasteiger partial charge in [0.15, 0.2) is 16.7 Å². The summed E-state index contributed by atoms with van der Waals surface area (Å²) in [7, 11) is 0. The molecule has 0 aliphatic carbocycles. The number of aryl methyl sites for hydroxylation is 1. The monoisotopic (exact) mass is 462 g/mol. The summed E-state index contributed by atoms with van der Waals surface area (Å²) in [6.45, 7) is 5.69. The molecule has 0 radical (unpaired) electrons. The van der Waals surface area contributed by atoms with Gasteiger partial charge in [0.1, 0.15) is 0 Å². The third-order valence-corrected chi connectivity index (χ3v) is 6.93. The number of aromatic nitrogens is 4. The molecule has 4 heterocycles. The number of hydrogen-bond donors (Lipinski definition) is 0. The van der Waals surface area contributed by atoms with Gasteiger partial charge in [0.2, 0.25) is 5.82 Å². The molecule has 1 saturated heterocycles. The lowest BCUT2D eigenvalue weighted by Gasteiger charge is -2.14. The van der Waals surface area contributed by atoms with E-state index in [4.69, 9.17) is 9.15 Å². The predicted molar refractivity (Wildman–Crippen MR) is 127 cm³/mol. The third-order valence-electron chi connectivity index (χ3n) is 6.01. The molecule has 7 nitrogen and oxygen atoms in total. The van der Waals surface area contributed by atoms with Crippen molar-refractivity contribution in [1.29, 1.82) is 0 Å². The summed E-state index contributed by atoms with van der Waals surface area (Å²) < 4.78 is 15.5. The Morgan fingerprint density at radius 3 is 2.73 bits per heavy atom. The zero-order valence-electron chi connectivity index (χ0n) is 18.7. The molecule has 1 fully saturated rings. The van der Waals surface area contributed by atoms with Gasteiger partial charge in [0.25, 0.3) is 0 Å². The molecule has 33 heavy (non-hydrogen) atoms. The minimum Gasteiger partial charge on any atom is -0.461 e. The van der Waals surface area contributed by atoms with Crippen LogP contribution in [0.15, 0.2) is 64.4 Å². The molecule has 1 aromatic carbocycles. The Morgan fingerprint density at radius 2 is 2.00 bits per heavy atom. The Balaban J connectivity index is 1.37. The Kier molecular flexibility index (Phi) is 6.20. The smallest absolute Gasteiger partial charge is 0.205 e. The summed E-state index contributed by atoms with van der Waals surface area (Å²) in [6.07, 6.45) is 4.02. The Hall–Kier alpha value is -3.10. The van der Waals surface area contributed by atoms with Gasteiger partial charge in [-0.2, -0.15) is 0 Å². The lowest BCUT2D eigenvalue weighted by Crippen LogP contribution is -2.17. The van der Waals surface area contributed by atoms with E-state index in [0.717, 1.165) is 48.6 Å². The molecule has 0 amide bonds. The molecule has 170 valence electrons. The highest BCUT2D eigenvalue weighted by molar-refractivity contribution is 7.99. The van der Waals surface area contributed by atoms with Crippen LogP contribution in [0.4, 0.5) is 0 Å². The highest BCUT2D eigenvalue weighted by Gasteiger charge is 2.23. The van der Waals surface area contributed by atoms with Gasteiger partial charge in [-0.05, 0) is 57.0 Å². The van der Waals surface area contributed by atoms with E-state index in [1.165, 1.54) is 11.8 Å². The summed E-state index contributed by atoms with van der Waals surface area (Å²) in [4.78, 5) is 13.2. The molecule has 3 aromatic heterocycles. The molecule has 8 heteroatoms. The van der Waals surface area contributed by atoms with Gasteiger partial charge in [-0.25, -0.2) is 0 Å². The number of carbonyl (C=O) groups is 1. The first-order valence-electron chi connectivity index (χ1n) is 11.1. The molecule has 1 aliphatic heterocycles. The maximum atomic E-state index is 13.2. The van der Waals surface area contributed by atoms with Crippen LogP contribution in [-0.2, 0) is 11.3 Å². The van der Waals surface area contributed by atoms with Crippen LogP contribution >= 0.6 is 11.8 Å². The minimum absolute atomic E-state index is 0.0776. The van der Waals surface area contributed by atoms with Crippen molar-refractivity contribution < 1.29 is 13.9 Å². The van der Waals surface area contributed by atoms with Gasteiger partial charge in [-0.1, -0.05) is 30.0 Å². The van der Waals surface area contributed by atoms with Crippen LogP contribution < -0.4 is 0 Å². The Bertz CT molecular complexity index is 1240. The number of furan rings is 1. The van der Waals surface area contributed by atoms with Crippen LogP contribution in [0.3, 0.4) is 0 Å². The second kappa shape index (κ2) is 9.41. The zero-order valence-corrected chi connectivity index (χ0v) is 19.5. The van der Waals surface area contributed by atoms with E-state index in [2.05, 4.69) is 14.8 Å². The number of para-hydroxylation sites is 1. The highest BCUT2D eigenvalue weighted by Crippen LogP contribution is 2.29. The molecule has 0 N–H and O–H groups in total. The van der Waals surface area contributed by atoms with Crippen LogP contribution in [0.2, 0.25) is 0 Å². The lowest BCUT2D eigenvalue weighted by molar-refractivity contribution is 0.0957. The maximum absolute atomic E-state index is 13.2. The van der Waals surface area contributed by atoms with E-state index in [1.54, 1.807) is 6.26 Å². The Morgan fingerprint density at radius 1 is 1.15 bits per heavy atom. The number of carbonyl (C=O) groups excluding carboxylic acids is 1. The fourth-order valence-electron chi connectivity index (χ4n) is 4.30. The van der Waals surface area contributed by atoms with Gasteiger partial charge >= 0.3 is 0 Å². The second-order valence-corrected chi connectivity index (χ2v) is 9.14. The largest absolute Gasteiger partial charge is 0.461 e. The average molecular weight is 463 g/mol. The standard InChI is InChI=1S/C25H26N4O3S/c1-17-14-21(18(2)28(17)15-20-10-6-12-31-20)22(30)16-33-25-27-26-24(23-11-7-13-32-23)29(25)19-8-4-3-5-9-19/h3-5,7-9,11,13-14,20H,6,10,12,15-16H2,1-2H3/t20-/m0/s1. The van der Waals surface area contributed by atoms with Crippen LogP contribution in [-0.4, -0.2) is 43.6 Å². The molecule has 5 rings (SSSR count). The number of rotatable bonds is 8. The molecular formula is C25H26N4O3S. The normalized spacial score (nSPS) is 15.9. The first kappa shape index (κ1) is 21.7. The van der Waals surface area contributed by atoms with E-state index < -0.39 is 0 Å². The summed E-state index contributed by atoms with van der Waals surface area (Å²) in [5, 5.41) is 9.36. The zero-order chi connectivity index (χ0) is 22.8. The summed E-state index contributed by atoms with van der Waals surface area (Å²) in [6, 6.07) is 15.5. The number of thioether (sulfide) groups is 1. The van der Waals surface area contributed by atoms with Crippen LogP contribution in [0.1, 0.15) is 34.6 Å².